The summed E-state index contributed by atoms with van der Waals surface area (Å²) in [6, 6.07) is 8.32. The molecular formula is C18H20ClN3O2. The van der Waals surface area contributed by atoms with Crippen molar-refractivity contribution >= 4 is 29.1 Å². The van der Waals surface area contributed by atoms with E-state index < -0.39 is 0 Å². The zero-order chi connectivity index (χ0) is 17.9. The van der Waals surface area contributed by atoms with Crippen molar-refractivity contribution in [3.63, 3.8) is 0 Å². The van der Waals surface area contributed by atoms with Crippen molar-refractivity contribution in [1.29, 1.82) is 0 Å². The maximum Gasteiger partial charge on any atom is 0.270 e. The summed E-state index contributed by atoms with van der Waals surface area (Å²) in [7, 11) is 0. The average Bonchev–Trinajstić information content (AvgIpc) is 2.50. The lowest BCUT2D eigenvalue weighted by Crippen LogP contribution is -2.41. The van der Waals surface area contributed by atoms with Crippen molar-refractivity contribution in [3.05, 3.63) is 58.4 Å². The molecule has 0 atom stereocenters. The van der Waals surface area contributed by atoms with Crippen LogP contribution < -0.4 is 10.6 Å². The highest BCUT2D eigenvalue weighted by Crippen LogP contribution is 2.23. The van der Waals surface area contributed by atoms with Crippen molar-refractivity contribution in [2.75, 3.05) is 5.32 Å². The van der Waals surface area contributed by atoms with Crippen LogP contribution in [0, 0.1) is 6.92 Å². The zero-order valence-corrected chi connectivity index (χ0v) is 14.9. The summed E-state index contributed by atoms with van der Waals surface area (Å²) >= 11 is 6.06. The molecule has 2 amide bonds. The van der Waals surface area contributed by atoms with Crippen molar-refractivity contribution in [1.82, 2.24) is 10.3 Å². The van der Waals surface area contributed by atoms with E-state index in [-0.39, 0.29) is 23.0 Å². The van der Waals surface area contributed by atoms with Crippen molar-refractivity contribution < 1.29 is 9.59 Å². The van der Waals surface area contributed by atoms with E-state index in [9.17, 15) is 9.59 Å². The van der Waals surface area contributed by atoms with Crippen LogP contribution in [-0.2, 0) is 0 Å². The molecule has 0 unspecified atom stereocenters. The highest BCUT2D eigenvalue weighted by atomic mass is 35.5. The van der Waals surface area contributed by atoms with Crippen LogP contribution >= 0.6 is 11.6 Å². The normalized spacial score (nSPS) is 11.0. The van der Waals surface area contributed by atoms with Gasteiger partial charge in [0.1, 0.15) is 5.69 Å². The van der Waals surface area contributed by atoms with Gasteiger partial charge in [-0.3, -0.25) is 14.6 Å². The molecule has 0 aliphatic heterocycles. The number of anilines is 1. The van der Waals surface area contributed by atoms with Crippen LogP contribution in [0.1, 0.15) is 47.2 Å². The lowest BCUT2D eigenvalue weighted by molar-refractivity contribution is 0.0914. The third kappa shape index (κ3) is 4.55. The Balaban J connectivity index is 2.20. The Hall–Kier alpha value is -2.40. The van der Waals surface area contributed by atoms with E-state index in [2.05, 4.69) is 15.6 Å². The molecule has 0 aliphatic rings. The standard InChI is InChI=1S/C18H20ClN3O2/c1-11-13(19)6-5-7-14(11)21-16(23)12-8-9-20-15(10-12)17(24)22-18(2,3)4/h5-10H,1-4H3,(H,21,23)(H,22,24). The topological polar surface area (TPSA) is 71.1 Å². The van der Waals surface area contributed by atoms with Crippen LogP contribution in [0.15, 0.2) is 36.5 Å². The van der Waals surface area contributed by atoms with Gasteiger partial charge in [0.05, 0.1) is 0 Å². The van der Waals surface area contributed by atoms with Gasteiger partial charge in [-0.05, 0) is 57.5 Å². The molecule has 0 bridgehead atoms. The first-order chi connectivity index (χ1) is 11.2. The number of amides is 2. The van der Waals surface area contributed by atoms with E-state index in [1.54, 1.807) is 24.3 Å². The summed E-state index contributed by atoms with van der Waals surface area (Å²) in [6.07, 6.45) is 1.44. The predicted octanol–water partition coefficient (Wildman–Crippen LogP) is 3.82. The molecule has 2 N–H and O–H groups in total. The summed E-state index contributed by atoms with van der Waals surface area (Å²) in [4.78, 5) is 28.6. The number of hydrogen-bond acceptors (Lipinski definition) is 3. The van der Waals surface area contributed by atoms with Crippen LogP contribution in [0.4, 0.5) is 5.69 Å². The van der Waals surface area contributed by atoms with Crippen LogP contribution in [0.3, 0.4) is 0 Å². The van der Waals surface area contributed by atoms with Crippen LogP contribution in [0.2, 0.25) is 5.02 Å². The second-order valence-electron chi connectivity index (χ2n) is 6.50. The molecular weight excluding hydrogens is 326 g/mol. The summed E-state index contributed by atoms with van der Waals surface area (Å²) in [5.74, 6) is -0.649. The number of carbonyl (C=O) groups excluding carboxylic acids is 2. The minimum atomic E-state index is -0.380. The Morgan fingerprint density at radius 2 is 1.83 bits per heavy atom. The van der Waals surface area contributed by atoms with E-state index in [0.29, 0.717) is 16.3 Å². The quantitative estimate of drug-likeness (QED) is 0.888. The molecule has 5 nitrogen and oxygen atoms in total. The lowest BCUT2D eigenvalue weighted by atomic mass is 10.1. The van der Waals surface area contributed by atoms with Crippen molar-refractivity contribution in [2.45, 2.75) is 33.2 Å². The largest absolute Gasteiger partial charge is 0.346 e. The minimum absolute atomic E-state index is 0.195. The molecule has 0 radical (unpaired) electrons. The van der Waals surface area contributed by atoms with Gasteiger partial charge in [0, 0.05) is 28.0 Å². The summed E-state index contributed by atoms with van der Waals surface area (Å²) in [6.45, 7) is 7.46. The number of pyridine rings is 1. The maximum absolute atomic E-state index is 12.4. The highest BCUT2D eigenvalue weighted by Gasteiger charge is 2.18. The van der Waals surface area contributed by atoms with Gasteiger partial charge in [-0.2, -0.15) is 0 Å². The number of carbonyl (C=O) groups is 2. The first-order valence-corrected chi connectivity index (χ1v) is 7.90. The molecule has 0 aliphatic carbocycles. The fourth-order valence-corrected chi connectivity index (χ4v) is 2.21. The number of hydrogen-bond donors (Lipinski definition) is 2. The van der Waals surface area contributed by atoms with Gasteiger partial charge >= 0.3 is 0 Å². The molecule has 0 spiro atoms. The summed E-state index contributed by atoms with van der Waals surface area (Å²) in [5.41, 5.74) is 1.58. The zero-order valence-electron chi connectivity index (χ0n) is 14.1. The van der Waals surface area contributed by atoms with Gasteiger partial charge < -0.3 is 10.6 Å². The van der Waals surface area contributed by atoms with Crippen LogP contribution in [-0.4, -0.2) is 22.3 Å². The molecule has 0 saturated carbocycles. The van der Waals surface area contributed by atoms with Crippen LogP contribution in [0.5, 0.6) is 0 Å². The Morgan fingerprint density at radius 3 is 2.50 bits per heavy atom. The highest BCUT2D eigenvalue weighted by molar-refractivity contribution is 6.31. The molecule has 24 heavy (non-hydrogen) atoms. The molecule has 6 heteroatoms. The van der Waals surface area contributed by atoms with Crippen molar-refractivity contribution in [3.8, 4) is 0 Å². The molecule has 1 heterocycles. The summed E-state index contributed by atoms with van der Waals surface area (Å²) < 4.78 is 0. The number of aromatic nitrogens is 1. The lowest BCUT2D eigenvalue weighted by Gasteiger charge is -2.20. The minimum Gasteiger partial charge on any atom is -0.346 e. The number of nitrogens with zero attached hydrogens (tertiary/aromatic N) is 1. The van der Waals surface area contributed by atoms with Gasteiger partial charge in [-0.1, -0.05) is 17.7 Å². The van der Waals surface area contributed by atoms with Gasteiger partial charge in [0.25, 0.3) is 11.8 Å². The monoisotopic (exact) mass is 345 g/mol. The van der Waals surface area contributed by atoms with Crippen LogP contribution in [0.25, 0.3) is 0 Å². The second kappa shape index (κ2) is 7.01. The first-order valence-electron chi connectivity index (χ1n) is 7.52. The Bertz CT molecular complexity index is 782. The number of benzene rings is 1. The van der Waals surface area contributed by atoms with E-state index in [4.69, 9.17) is 11.6 Å². The number of rotatable bonds is 3. The molecule has 1 aromatic heterocycles. The number of halogens is 1. The molecule has 0 fully saturated rings. The SMILES string of the molecule is Cc1c(Cl)cccc1NC(=O)c1ccnc(C(=O)NC(C)(C)C)c1. The molecule has 126 valence electrons. The van der Waals surface area contributed by atoms with Gasteiger partial charge in [0.2, 0.25) is 0 Å². The van der Waals surface area contributed by atoms with E-state index in [1.165, 1.54) is 12.3 Å². The van der Waals surface area contributed by atoms with Crippen molar-refractivity contribution in [2.24, 2.45) is 0 Å². The smallest absolute Gasteiger partial charge is 0.270 e. The maximum atomic E-state index is 12.4. The van der Waals surface area contributed by atoms with E-state index >= 15 is 0 Å². The Kier molecular flexibility index (Phi) is 5.24. The molecule has 1 aromatic carbocycles. The fourth-order valence-electron chi connectivity index (χ4n) is 2.04. The third-order valence-corrected chi connectivity index (χ3v) is 3.67. The fraction of sp³-hybridized carbons (Fsp3) is 0.278. The summed E-state index contributed by atoms with van der Waals surface area (Å²) in [5, 5.41) is 6.19. The second-order valence-corrected chi connectivity index (χ2v) is 6.91. The first kappa shape index (κ1) is 17.9. The van der Waals surface area contributed by atoms with Gasteiger partial charge in [-0.25, -0.2) is 0 Å². The van der Waals surface area contributed by atoms with E-state index in [1.807, 2.05) is 27.7 Å². The predicted molar refractivity (Wildman–Crippen MR) is 95.6 cm³/mol. The number of nitrogens with one attached hydrogen (secondary N) is 2. The van der Waals surface area contributed by atoms with Gasteiger partial charge in [-0.15, -0.1) is 0 Å². The molecule has 2 aromatic rings. The average molecular weight is 346 g/mol. The Labute approximate surface area is 146 Å². The molecule has 2 rings (SSSR count). The molecule has 0 saturated heterocycles. The third-order valence-electron chi connectivity index (χ3n) is 3.26. The van der Waals surface area contributed by atoms with E-state index in [0.717, 1.165) is 5.56 Å². The van der Waals surface area contributed by atoms with Gasteiger partial charge in [0.15, 0.2) is 0 Å². The Morgan fingerprint density at radius 1 is 1.12 bits per heavy atom.